The first-order valence-corrected chi connectivity index (χ1v) is 10.4. The van der Waals surface area contributed by atoms with Crippen LogP contribution in [-0.4, -0.2) is 80.3 Å². The summed E-state index contributed by atoms with van der Waals surface area (Å²) in [4.78, 5) is 21.3. The van der Waals surface area contributed by atoms with E-state index in [9.17, 15) is 4.79 Å². The fraction of sp³-hybridized carbons (Fsp3) is 0.600. The zero-order chi connectivity index (χ0) is 19.8. The highest BCUT2D eigenvalue weighted by atomic mass is 35.5. The monoisotopic (exact) mass is 408 g/mol. The normalized spacial score (nSPS) is 20.4. The van der Waals surface area contributed by atoms with Gasteiger partial charge in [-0.15, -0.1) is 0 Å². The number of nitrogens with zero attached hydrogens (tertiary/aromatic N) is 3. The Balaban J connectivity index is 1.47. The van der Waals surface area contributed by atoms with Crippen LogP contribution in [0.15, 0.2) is 29.3 Å². The molecule has 0 spiro atoms. The van der Waals surface area contributed by atoms with Crippen molar-refractivity contribution in [3.05, 3.63) is 29.3 Å². The predicted octanol–water partition coefficient (Wildman–Crippen LogP) is 2.01. The highest BCUT2D eigenvalue weighted by molar-refractivity contribution is 6.30. The van der Waals surface area contributed by atoms with Crippen molar-refractivity contribution in [3.8, 4) is 5.75 Å². The largest absolute Gasteiger partial charge is 0.492 e. The minimum Gasteiger partial charge on any atom is -0.492 e. The third-order valence-corrected chi connectivity index (χ3v) is 5.08. The molecule has 1 aromatic rings. The van der Waals surface area contributed by atoms with Crippen molar-refractivity contribution in [2.45, 2.75) is 25.9 Å². The van der Waals surface area contributed by atoms with Crippen molar-refractivity contribution in [1.29, 1.82) is 0 Å². The Morgan fingerprint density at radius 2 is 2.11 bits per heavy atom. The van der Waals surface area contributed by atoms with Gasteiger partial charge in [-0.1, -0.05) is 17.7 Å². The zero-order valence-corrected chi connectivity index (χ0v) is 17.2. The van der Waals surface area contributed by atoms with E-state index in [0.717, 1.165) is 44.2 Å². The summed E-state index contributed by atoms with van der Waals surface area (Å²) in [6.07, 6.45) is 1.58. The predicted molar refractivity (Wildman–Crippen MR) is 110 cm³/mol. The van der Waals surface area contributed by atoms with E-state index >= 15 is 0 Å². The maximum atomic E-state index is 12.5. The van der Waals surface area contributed by atoms with E-state index in [1.807, 2.05) is 23.1 Å². The molecule has 1 unspecified atom stereocenters. The molecule has 154 valence electrons. The Kier molecular flexibility index (Phi) is 7.80. The van der Waals surface area contributed by atoms with Gasteiger partial charge in [0.05, 0.1) is 6.54 Å². The lowest BCUT2D eigenvalue weighted by Crippen LogP contribution is -2.55. The molecule has 8 heteroatoms. The molecule has 0 saturated carbocycles. The van der Waals surface area contributed by atoms with Crippen LogP contribution in [-0.2, 0) is 9.53 Å². The Bertz CT molecular complexity index is 671. The van der Waals surface area contributed by atoms with Crippen molar-refractivity contribution >= 4 is 23.5 Å². The van der Waals surface area contributed by atoms with Crippen molar-refractivity contribution in [2.24, 2.45) is 4.99 Å². The zero-order valence-electron chi connectivity index (χ0n) is 16.4. The van der Waals surface area contributed by atoms with E-state index in [2.05, 4.69) is 22.1 Å². The van der Waals surface area contributed by atoms with Crippen molar-refractivity contribution < 1.29 is 14.3 Å². The first kappa shape index (κ1) is 20.7. The first-order chi connectivity index (χ1) is 13.7. The van der Waals surface area contributed by atoms with Gasteiger partial charge in [-0.25, -0.2) is 4.99 Å². The molecule has 0 aliphatic carbocycles. The van der Waals surface area contributed by atoms with Crippen LogP contribution in [0.25, 0.3) is 0 Å². The smallest absolute Gasteiger partial charge is 0.251 e. The third-order valence-electron chi connectivity index (χ3n) is 4.85. The van der Waals surface area contributed by atoms with Crippen LogP contribution in [0.3, 0.4) is 0 Å². The minimum absolute atomic E-state index is 0.133. The van der Waals surface area contributed by atoms with Gasteiger partial charge in [0.25, 0.3) is 5.91 Å². The molecule has 1 atom stereocenters. The van der Waals surface area contributed by atoms with Crippen molar-refractivity contribution in [2.75, 3.05) is 52.5 Å². The number of piperazine rings is 1. The van der Waals surface area contributed by atoms with Crippen LogP contribution in [0.4, 0.5) is 0 Å². The average Bonchev–Trinajstić information content (AvgIpc) is 3.25. The number of aliphatic imine (C=N–C) groups is 1. The highest BCUT2D eigenvalue weighted by Crippen LogP contribution is 2.17. The highest BCUT2D eigenvalue weighted by Gasteiger charge is 2.30. The summed E-state index contributed by atoms with van der Waals surface area (Å²) in [5.41, 5.74) is 0. The van der Waals surface area contributed by atoms with Crippen LogP contribution < -0.4 is 10.1 Å². The van der Waals surface area contributed by atoms with Crippen LogP contribution >= 0.6 is 11.6 Å². The summed E-state index contributed by atoms with van der Waals surface area (Å²) in [6, 6.07) is 7.35. The van der Waals surface area contributed by atoms with E-state index in [1.54, 1.807) is 6.07 Å². The molecule has 28 heavy (non-hydrogen) atoms. The third kappa shape index (κ3) is 5.75. The Morgan fingerprint density at radius 3 is 2.79 bits per heavy atom. The molecule has 2 fully saturated rings. The van der Waals surface area contributed by atoms with E-state index in [0.29, 0.717) is 37.9 Å². The maximum absolute atomic E-state index is 12.5. The number of ether oxygens (including phenoxy) is 2. The lowest BCUT2D eigenvalue weighted by atomic mass is 10.2. The van der Waals surface area contributed by atoms with E-state index in [-0.39, 0.29) is 12.0 Å². The molecule has 2 aliphatic rings. The fourth-order valence-corrected chi connectivity index (χ4v) is 3.59. The van der Waals surface area contributed by atoms with Gasteiger partial charge in [-0.2, -0.15) is 0 Å². The van der Waals surface area contributed by atoms with Crippen LogP contribution in [0.1, 0.15) is 19.8 Å². The molecule has 2 heterocycles. The van der Waals surface area contributed by atoms with Gasteiger partial charge < -0.3 is 24.6 Å². The van der Waals surface area contributed by atoms with E-state index < -0.39 is 0 Å². The number of nitrogens with one attached hydrogen (secondary N) is 1. The van der Waals surface area contributed by atoms with Crippen LogP contribution in [0, 0.1) is 0 Å². The second-order valence-electron chi connectivity index (χ2n) is 6.86. The van der Waals surface area contributed by atoms with Gasteiger partial charge in [-0.05, 0) is 38.0 Å². The molecular formula is C20H29ClN4O3. The molecule has 1 aromatic carbocycles. The number of halogens is 1. The number of amides is 1. The lowest BCUT2D eigenvalue weighted by molar-refractivity contribution is -0.142. The first-order valence-electron chi connectivity index (χ1n) is 9.99. The molecule has 2 saturated heterocycles. The van der Waals surface area contributed by atoms with Crippen molar-refractivity contribution in [3.63, 3.8) is 0 Å². The van der Waals surface area contributed by atoms with Gasteiger partial charge in [0.1, 0.15) is 18.5 Å². The summed E-state index contributed by atoms with van der Waals surface area (Å²) in [5.74, 6) is 1.74. The molecule has 0 bridgehead atoms. The molecule has 7 nitrogen and oxygen atoms in total. The second-order valence-corrected chi connectivity index (χ2v) is 7.29. The standard InChI is InChI=1S/C20H29ClN4O3/c1-2-22-20(23-8-14-27-17-6-3-5-16(21)15-17)25-11-9-24(10-12-25)19(26)18-7-4-13-28-18/h3,5-6,15,18H,2,4,7-14H2,1H3,(H,22,23). The number of guanidine groups is 1. The molecule has 1 amide bonds. The maximum Gasteiger partial charge on any atom is 0.251 e. The summed E-state index contributed by atoms with van der Waals surface area (Å²) < 4.78 is 11.2. The summed E-state index contributed by atoms with van der Waals surface area (Å²) in [6.45, 7) is 7.49. The summed E-state index contributed by atoms with van der Waals surface area (Å²) in [5, 5.41) is 3.99. The van der Waals surface area contributed by atoms with Gasteiger partial charge in [0, 0.05) is 44.4 Å². The van der Waals surface area contributed by atoms with Gasteiger partial charge in [0.15, 0.2) is 5.96 Å². The number of carbonyl (C=O) groups excluding carboxylic acids is 1. The topological polar surface area (TPSA) is 66.4 Å². The van der Waals surface area contributed by atoms with E-state index in [4.69, 9.17) is 21.1 Å². The fourth-order valence-electron chi connectivity index (χ4n) is 3.41. The SMILES string of the molecule is CCNC(=NCCOc1cccc(Cl)c1)N1CCN(C(=O)C2CCCO2)CC1. The van der Waals surface area contributed by atoms with Crippen LogP contribution in [0.2, 0.25) is 5.02 Å². The molecule has 2 aliphatic heterocycles. The summed E-state index contributed by atoms with van der Waals surface area (Å²) >= 11 is 5.97. The molecule has 1 N–H and O–H groups in total. The van der Waals surface area contributed by atoms with Gasteiger partial charge >= 0.3 is 0 Å². The van der Waals surface area contributed by atoms with Gasteiger partial charge in [-0.3, -0.25) is 4.79 Å². The molecular weight excluding hydrogens is 380 g/mol. The number of rotatable bonds is 6. The average molecular weight is 409 g/mol. The number of hydrogen-bond donors (Lipinski definition) is 1. The number of carbonyl (C=O) groups is 1. The number of benzene rings is 1. The Morgan fingerprint density at radius 1 is 1.32 bits per heavy atom. The van der Waals surface area contributed by atoms with Crippen LogP contribution in [0.5, 0.6) is 5.75 Å². The quantitative estimate of drug-likeness (QED) is 0.443. The van der Waals surface area contributed by atoms with E-state index in [1.165, 1.54) is 0 Å². The summed E-state index contributed by atoms with van der Waals surface area (Å²) in [7, 11) is 0. The number of hydrogen-bond acceptors (Lipinski definition) is 4. The second kappa shape index (κ2) is 10.5. The Hall–Kier alpha value is -1.99. The molecule has 0 radical (unpaired) electrons. The lowest BCUT2D eigenvalue weighted by Gasteiger charge is -2.37. The van der Waals surface area contributed by atoms with Gasteiger partial charge in [0.2, 0.25) is 0 Å². The molecule has 3 rings (SSSR count). The minimum atomic E-state index is -0.239. The Labute approximate surface area is 171 Å². The molecule has 0 aromatic heterocycles. The van der Waals surface area contributed by atoms with Crippen molar-refractivity contribution in [1.82, 2.24) is 15.1 Å².